The Morgan fingerprint density at radius 3 is 2.46 bits per heavy atom. The molecule has 0 radical (unpaired) electrons. The number of aryl methyl sites for hydroxylation is 1. The van der Waals surface area contributed by atoms with E-state index in [2.05, 4.69) is 13.8 Å². The molecule has 0 amide bonds. The van der Waals surface area contributed by atoms with E-state index >= 15 is 0 Å². The molecule has 0 bridgehead atoms. The predicted molar refractivity (Wildman–Crippen MR) is 108 cm³/mol. The second-order valence-electron chi connectivity index (χ2n) is 6.28. The molecule has 0 fully saturated rings. The molecular formula is C19H19Cl2N3OS. The van der Waals surface area contributed by atoms with Crippen molar-refractivity contribution in [1.82, 2.24) is 14.3 Å². The number of halogens is 2. The molecule has 0 N–H and O–H groups in total. The van der Waals surface area contributed by atoms with Gasteiger partial charge in [-0.2, -0.15) is 5.10 Å². The van der Waals surface area contributed by atoms with Gasteiger partial charge in [-0.1, -0.05) is 41.0 Å². The van der Waals surface area contributed by atoms with Crippen LogP contribution >= 0.6 is 35.0 Å². The lowest BCUT2D eigenvalue weighted by molar-refractivity contribution is 0.488. The summed E-state index contributed by atoms with van der Waals surface area (Å²) in [6.45, 7) is 6.60. The van der Waals surface area contributed by atoms with E-state index < -0.39 is 0 Å². The zero-order valence-electron chi connectivity index (χ0n) is 14.7. The number of nitrogens with zero attached hydrogens (tertiary/aromatic N) is 3. The van der Waals surface area contributed by atoms with Crippen molar-refractivity contribution in [2.75, 3.05) is 0 Å². The van der Waals surface area contributed by atoms with Crippen LogP contribution in [0.15, 0.2) is 57.3 Å². The lowest BCUT2D eigenvalue weighted by Crippen LogP contribution is -2.18. The molecule has 4 nitrogen and oxygen atoms in total. The van der Waals surface area contributed by atoms with Gasteiger partial charge in [0, 0.05) is 38.8 Å². The van der Waals surface area contributed by atoms with Crippen molar-refractivity contribution in [3.63, 3.8) is 0 Å². The first kappa shape index (κ1) is 19.1. The molecule has 26 heavy (non-hydrogen) atoms. The maximum atomic E-state index is 12.1. The number of rotatable bonds is 5. The van der Waals surface area contributed by atoms with Gasteiger partial charge in [0.15, 0.2) is 0 Å². The number of hydrogen-bond acceptors (Lipinski definition) is 3. The standard InChI is InChI=1S/C19H19Cl2N3OS/c1-12(2)24-19(26-16-9-14(20)8-15(21)10-16)17(13(3)22-24)11-23-7-5-4-6-18(23)25/h4-10,12H,11H2,1-3H3. The fourth-order valence-electron chi connectivity index (χ4n) is 2.66. The molecule has 0 aliphatic heterocycles. The number of benzene rings is 1. The van der Waals surface area contributed by atoms with E-state index in [1.165, 1.54) is 0 Å². The topological polar surface area (TPSA) is 39.8 Å². The van der Waals surface area contributed by atoms with Gasteiger partial charge in [0.2, 0.25) is 0 Å². The van der Waals surface area contributed by atoms with Crippen LogP contribution in [0.1, 0.15) is 31.1 Å². The van der Waals surface area contributed by atoms with Crippen molar-refractivity contribution in [1.29, 1.82) is 0 Å². The summed E-state index contributed by atoms with van der Waals surface area (Å²) in [6, 6.07) is 10.8. The third-order valence-corrected chi connectivity index (χ3v) is 5.46. The lowest BCUT2D eigenvalue weighted by Gasteiger charge is -2.13. The zero-order chi connectivity index (χ0) is 18.8. The fraction of sp³-hybridized carbons (Fsp3) is 0.263. The molecule has 2 heterocycles. The van der Waals surface area contributed by atoms with Crippen molar-refractivity contribution in [2.45, 2.75) is 43.3 Å². The van der Waals surface area contributed by atoms with Crippen LogP contribution in [-0.4, -0.2) is 14.3 Å². The van der Waals surface area contributed by atoms with Crippen LogP contribution in [0.2, 0.25) is 10.0 Å². The third kappa shape index (κ3) is 4.17. The molecule has 7 heteroatoms. The minimum Gasteiger partial charge on any atom is -0.311 e. The Labute approximate surface area is 166 Å². The van der Waals surface area contributed by atoms with Gasteiger partial charge in [0.05, 0.1) is 12.2 Å². The Balaban J connectivity index is 2.07. The van der Waals surface area contributed by atoms with Crippen LogP contribution in [0.4, 0.5) is 0 Å². The molecule has 0 unspecified atom stereocenters. The van der Waals surface area contributed by atoms with E-state index in [1.54, 1.807) is 40.7 Å². The van der Waals surface area contributed by atoms with E-state index in [-0.39, 0.29) is 11.6 Å². The molecule has 0 aliphatic carbocycles. The van der Waals surface area contributed by atoms with E-state index in [1.807, 2.05) is 29.8 Å². The molecule has 1 aromatic carbocycles. The molecule has 0 saturated carbocycles. The van der Waals surface area contributed by atoms with Gasteiger partial charge in [-0.25, -0.2) is 0 Å². The lowest BCUT2D eigenvalue weighted by atomic mass is 10.2. The second kappa shape index (κ2) is 7.91. The smallest absolute Gasteiger partial charge is 0.250 e. The first-order valence-electron chi connectivity index (χ1n) is 8.22. The van der Waals surface area contributed by atoms with Crippen molar-refractivity contribution >= 4 is 35.0 Å². The van der Waals surface area contributed by atoms with Crippen LogP contribution in [0.25, 0.3) is 0 Å². The van der Waals surface area contributed by atoms with Gasteiger partial charge in [-0.15, -0.1) is 0 Å². The summed E-state index contributed by atoms with van der Waals surface area (Å²) in [5.74, 6) is 0. The minimum absolute atomic E-state index is 0.0362. The summed E-state index contributed by atoms with van der Waals surface area (Å²) < 4.78 is 3.67. The van der Waals surface area contributed by atoms with Gasteiger partial charge in [0.1, 0.15) is 5.03 Å². The van der Waals surface area contributed by atoms with Gasteiger partial charge in [0.25, 0.3) is 5.56 Å². The molecule has 3 aromatic rings. The zero-order valence-corrected chi connectivity index (χ0v) is 17.1. The maximum Gasteiger partial charge on any atom is 0.250 e. The molecule has 0 saturated heterocycles. The van der Waals surface area contributed by atoms with Crippen molar-refractivity contribution < 1.29 is 0 Å². The Bertz CT molecular complexity index is 974. The van der Waals surface area contributed by atoms with Crippen LogP contribution in [0, 0.1) is 6.92 Å². The van der Waals surface area contributed by atoms with Crippen LogP contribution in [0.3, 0.4) is 0 Å². The summed E-state index contributed by atoms with van der Waals surface area (Å²) in [7, 11) is 0. The molecule has 0 aliphatic rings. The molecule has 3 rings (SSSR count). The summed E-state index contributed by atoms with van der Waals surface area (Å²) in [5, 5.41) is 6.87. The summed E-state index contributed by atoms with van der Waals surface area (Å²) in [4.78, 5) is 13.1. The van der Waals surface area contributed by atoms with Gasteiger partial charge in [-0.3, -0.25) is 9.48 Å². The highest BCUT2D eigenvalue weighted by Crippen LogP contribution is 2.36. The highest BCUT2D eigenvalue weighted by atomic mass is 35.5. The highest BCUT2D eigenvalue weighted by molar-refractivity contribution is 7.99. The SMILES string of the molecule is Cc1nn(C(C)C)c(Sc2cc(Cl)cc(Cl)c2)c1Cn1ccccc1=O. The Hall–Kier alpha value is -1.69. The highest BCUT2D eigenvalue weighted by Gasteiger charge is 2.19. The first-order chi connectivity index (χ1) is 12.3. The Morgan fingerprint density at radius 1 is 1.15 bits per heavy atom. The van der Waals surface area contributed by atoms with Crippen LogP contribution in [0.5, 0.6) is 0 Å². The molecule has 0 spiro atoms. The van der Waals surface area contributed by atoms with Crippen LogP contribution in [-0.2, 0) is 6.54 Å². The average Bonchev–Trinajstić information content (AvgIpc) is 2.85. The second-order valence-corrected chi connectivity index (χ2v) is 8.22. The predicted octanol–water partition coefficient (Wildman–Crippen LogP) is 5.44. The van der Waals surface area contributed by atoms with E-state index in [9.17, 15) is 4.79 Å². The van der Waals surface area contributed by atoms with Gasteiger partial charge < -0.3 is 4.57 Å². The van der Waals surface area contributed by atoms with Gasteiger partial charge >= 0.3 is 0 Å². The summed E-state index contributed by atoms with van der Waals surface area (Å²) in [5.41, 5.74) is 1.89. The average molecular weight is 408 g/mol. The van der Waals surface area contributed by atoms with Crippen molar-refractivity contribution in [3.05, 3.63) is 74.3 Å². The molecule has 2 aromatic heterocycles. The summed E-state index contributed by atoms with van der Waals surface area (Å²) in [6.07, 6.45) is 1.79. The number of hydrogen-bond donors (Lipinski definition) is 0. The van der Waals surface area contributed by atoms with Gasteiger partial charge in [-0.05, 0) is 45.0 Å². The number of pyridine rings is 1. The number of aromatic nitrogens is 3. The van der Waals surface area contributed by atoms with E-state index in [4.69, 9.17) is 28.3 Å². The molecule has 136 valence electrons. The maximum absolute atomic E-state index is 12.1. The fourth-order valence-corrected chi connectivity index (χ4v) is 4.59. The normalized spacial score (nSPS) is 11.3. The summed E-state index contributed by atoms with van der Waals surface area (Å²) >= 11 is 13.9. The monoisotopic (exact) mass is 407 g/mol. The quantitative estimate of drug-likeness (QED) is 0.564. The van der Waals surface area contributed by atoms with E-state index in [0.29, 0.717) is 16.6 Å². The third-order valence-electron chi connectivity index (χ3n) is 3.93. The largest absolute Gasteiger partial charge is 0.311 e. The van der Waals surface area contributed by atoms with Crippen molar-refractivity contribution in [3.8, 4) is 0 Å². The Morgan fingerprint density at radius 2 is 1.85 bits per heavy atom. The van der Waals surface area contributed by atoms with E-state index in [0.717, 1.165) is 21.2 Å². The molecule has 0 atom stereocenters. The van der Waals surface area contributed by atoms with Crippen LogP contribution < -0.4 is 5.56 Å². The minimum atomic E-state index is -0.0362. The Kier molecular flexibility index (Phi) is 5.80. The van der Waals surface area contributed by atoms with Crippen molar-refractivity contribution in [2.24, 2.45) is 0 Å². The molecular weight excluding hydrogens is 389 g/mol. The first-order valence-corrected chi connectivity index (χ1v) is 9.80.